The molecule has 6 N–H and O–H groups in total. The van der Waals surface area contributed by atoms with Gasteiger partial charge in [-0.3, -0.25) is 9.59 Å². The fraction of sp³-hybridized carbons (Fsp3) is 0.0714. The van der Waals surface area contributed by atoms with E-state index < -0.39 is 39.6 Å². The van der Waals surface area contributed by atoms with E-state index in [0.29, 0.717) is 5.76 Å². The zero-order valence-corrected chi connectivity index (χ0v) is 19.8. The summed E-state index contributed by atoms with van der Waals surface area (Å²) < 4.78 is 11.5. The van der Waals surface area contributed by atoms with Crippen molar-refractivity contribution in [2.75, 3.05) is 0 Å². The molecule has 0 unspecified atom stereocenters. The highest BCUT2D eigenvalue weighted by Crippen LogP contribution is 2.50. The van der Waals surface area contributed by atoms with Crippen LogP contribution in [0.2, 0.25) is 0 Å². The quantitative estimate of drug-likeness (QED) is 0.168. The lowest BCUT2D eigenvalue weighted by atomic mass is 9.92. The van der Waals surface area contributed by atoms with Crippen LogP contribution >= 0.6 is 0 Å². The lowest BCUT2D eigenvalue weighted by Crippen LogP contribution is -2.06. The summed E-state index contributed by atoms with van der Waals surface area (Å²) in [6.45, 7) is 3.02. The molecular formula is C28H18O10. The number of hydrogen-bond donors (Lipinski definition) is 6. The van der Waals surface area contributed by atoms with E-state index >= 15 is 0 Å². The highest BCUT2D eigenvalue weighted by molar-refractivity contribution is 6.15. The Kier molecular flexibility index (Phi) is 4.58. The van der Waals surface area contributed by atoms with Crippen molar-refractivity contribution in [3.05, 3.63) is 68.4 Å². The van der Waals surface area contributed by atoms with Crippen LogP contribution in [0, 0.1) is 13.8 Å². The van der Waals surface area contributed by atoms with Gasteiger partial charge in [-0.05, 0) is 37.4 Å². The fourth-order valence-electron chi connectivity index (χ4n) is 5.12. The minimum atomic E-state index is -0.752. The van der Waals surface area contributed by atoms with Crippen molar-refractivity contribution in [2.24, 2.45) is 0 Å². The molecule has 0 radical (unpaired) electrons. The van der Waals surface area contributed by atoms with Crippen molar-refractivity contribution < 1.29 is 39.5 Å². The van der Waals surface area contributed by atoms with Gasteiger partial charge in [-0.15, -0.1) is 0 Å². The summed E-state index contributed by atoms with van der Waals surface area (Å²) in [6, 6.07) is 6.91. The van der Waals surface area contributed by atoms with Gasteiger partial charge in [-0.2, -0.15) is 0 Å². The van der Waals surface area contributed by atoms with Gasteiger partial charge in [0.25, 0.3) is 0 Å². The smallest absolute Gasteiger partial charge is 0.191 e. The maximum absolute atomic E-state index is 13.3. The Hall–Kier alpha value is -5.38. The molecule has 0 aliphatic carbocycles. The second kappa shape index (κ2) is 7.56. The Balaban J connectivity index is 1.82. The lowest BCUT2D eigenvalue weighted by Gasteiger charge is -2.16. The van der Waals surface area contributed by atoms with Crippen LogP contribution in [-0.4, -0.2) is 30.6 Å². The van der Waals surface area contributed by atoms with Crippen molar-refractivity contribution in [1.82, 2.24) is 0 Å². The summed E-state index contributed by atoms with van der Waals surface area (Å²) in [4.78, 5) is 25.1. The fourth-order valence-corrected chi connectivity index (χ4v) is 5.12. The van der Waals surface area contributed by atoms with Gasteiger partial charge in [-0.25, -0.2) is 0 Å². The topological polar surface area (TPSA) is 182 Å². The highest BCUT2D eigenvalue weighted by Gasteiger charge is 2.27. The molecule has 10 heteroatoms. The van der Waals surface area contributed by atoms with Crippen LogP contribution in [0.15, 0.2) is 54.8 Å². The Morgan fingerprint density at radius 2 is 1.21 bits per heavy atom. The number of rotatable bonds is 1. The van der Waals surface area contributed by atoms with Gasteiger partial charge in [0.2, 0.25) is 0 Å². The standard InChI is InChI=1S/C28H18O10/c1-9-3-14(30)24-19(37-9)7-13-22(16(32)8-17(33)23(13)28(24)36)20-10(2)38-18-5-11-4-12(29)6-15(31)21(11)27(35)25(18)26(20)34/h3-8,30-31,33-36H,1-2H3. The summed E-state index contributed by atoms with van der Waals surface area (Å²) in [7, 11) is 0. The number of aryl methyl sites for hydroxylation is 2. The maximum Gasteiger partial charge on any atom is 0.191 e. The van der Waals surface area contributed by atoms with Gasteiger partial charge in [-0.1, -0.05) is 0 Å². The summed E-state index contributed by atoms with van der Waals surface area (Å²) in [5.74, 6) is -2.79. The van der Waals surface area contributed by atoms with E-state index in [1.54, 1.807) is 6.92 Å². The normalized spacial score (nSPS) is 11.7. The first-order valence-electron chi connectivity index (χ1n) is 11.3. The van der Waals surface area contributed by atoms with Crippen LogP contribution < -0.4 is 10.9 Å². The molecule has 0 saturated heterocycles. The number of aromatic hydroxyl groups is 6. The zero-order chi connectivity index (χ0) is 27.2. The van der Waals surface area contributed by atoms with Crippen molar-refractivity contribution in [3.63, 3.8) is 0 Å². The molecular weight excluding hydrogens is 496 g/mol. The molecule has 6 rings (SSSR count). The Labute approximate surface area is 211 Å². The van der Waals surface area contributed by atoms with Crippen LogP contribution in [0.25, 0.3) is 54.6 Å². The van der Waals surface area contributed by atoms with Crippen LogP contribution in [0.5, 0.6) is 34.5 Å². The van der Waals surface area contributed by atoms with Crippen LogP contribution in [0.3, 0.4) is 0 Å². The van der Waals surface area contributed by atoms with E-state index in [1.165, 1.54) is 31.2 Å². The molecule has 2 heterocycles. The van der Waals surface area contributed by atoms with Gasteiger partial charge in [0.05, 0.1) is 16.3 Å². The SMILES string of the molecule is Cc1cc(O)c2c(O)c3c(O)cc(=O)c(-c4c(C)oc5cc6cc(=O)cc(O)c6c(O)c5c4O)c3cc2o1. The third kappa shape index (κ3) is 3.00. The van der Waals surface area contributed by atoms with Crippen molar-refractivity contribution in [1.29, 1.82) is 0 Å². The van der Waals surface area contributed by atoms with Crippen molar-refractivity contribution in [3.8, 4) is 45.6 Å². The summed E-state index contributed by atoms with van der Waals surface area (Å²) >= 11 is 0. The molecule has 0 saturated carbocycles. The number of benzene rings is 4. The van der Waals surface area contributed by atoms with E-state index in [1.807, 2.05) is 0 Å². The molecule has 0 fully saturated rings. The number of phenols is 4. The molecule has 38 heavy (non-hydrogen) atoms. The van der Waals surface area contributed by atoms with E-state index in [2.05, 4.69) is 0 Å². The second-order valence-corrected chi connectivity index (χ2v) is 9.05. The Bertz CT molecular complexity index is 2150. The van der Waals surface area contributed by atoms with Gasteiger partial charge in [0, 0.05) is 29.1 Å². The predicted molar refractivity (Wildman–Crippen MR) is 138 cm³/mol. The molecule has 0 spiro atoms. The molecule has 190 valence electrons. The van der Waals surface area contributed by atoms with Crippen LogP contribution in [-0.2, 0) is 0 Å². The maximum atomic E-state index is 13.3. The molecule has 0 atom stereocenters. The molecule has 0 aliphatic heterocycles. The van der Waals surface area contributed by atoms with Crippen molar-refractivity contribution >= 4 is 43.5 Å². The highest BCUT2D eigenvalue weighted by atomic mass is 16.3. The van der Waals surface area contributed by atoms with Crippen LogP contribution in [0.4, 0.5) is 0 Å². The lowest BCUT2D eigenvalue weighted by molar-refractivity contribution is 0.450. The summed E-state index contributed by atoms with van der Waals surface area (Å²) in [5, 5.41) is 64.2. The van der Waals surface area contributed by atoms with Gasteiger partial charge < -0.3 is 39.5 Å². The average Bonchev–Trinajstić information content (AvgIpc) is 2.79. The van der Waals surface area contributed by atoms with Gasteiger partial charge in [0.15, 0.2) is 10.9 Å². The first-order valence-corrected chi connectivity index (χ1v) is 11.3. The van der Waals surface area contributed by atoms with E-state index in [0.717, 1.165) is 12.1 Å². The summed E-state index contributed by atoms with van der Waals surface area (Å²) in [5.41, 5.74) is -1.63. The number of fused-ring (bicyclic) bond motifs is 4. The monoisotopic (exact) mass is 514 g/mol. The first kappa shape index (κ1) is 23.0. The van der Waals surface area contributed by atoms with Gasteiger partial charge >= 0.3 is 0 Å². The zero-order valence-electron chi connectivity index (χ0n) is 19.8. The molecule has 6 aromatic rings. The number of hydrogen-bond acceptors (Lipinski definition) is 10. The first-order chi connectivity index (χ1) is 18.0. The minimum absolute atomic E-state index is 0.000742. The number of phenolic OH excluding ortho intramolecular Hbond substituents is 4. The molecule has 0 bridgehead atoms. The third-order valence-electron chi connectivity index (χ3n) is 6.64. The average molecular weight is 514 g/mol. The Morgan fingerprint density at radius 3 is 1.95 bits per heavy atom. The van der Waals surface area contributed by atoms with Crippen LogP contribution in [0.1, 0.15) is 11.5 Å². The molecule has 10 nitrogen and oxygen atoms in total. The molecule has 4 aromatic carbocycles. The van der Waals surface area contributed by atoms with Gasteiger partial charge in [0.1, 0.15) is 68.0 Å². The van der Waals surface area contributed by atoms with Crippen molar-refractivity contribution in [2.45, 2.75) is 13.8 Å². The predicted octanol–water partition coefficient (Wildman–Crippen LogP) is 4.72. The third-order valence-corrected chi connectivity index (χ3v) is 6.64. The molecule has 0 amide bonds. The summed E-state index contributed by atoms with van der Waals surface area (Å²) in [6.07, 6.45) is 0. The molecule has 0 aliphatic rings. The second-order valence-electron chi connectivity index (χ2n) is 9.05. The molecule has 2 aromatic heterocycles. The van der Waals surface area contributed by atoms with E-state index in [-0.39, 0.29) is 66.1 Å². The van der Waals surface area contributed by atoms with E-state index in [4.69, 9.17) is 8.83 Å². The van der Waals surface area contributed by atoms with E-state index in [9.17, 15) is 40.2 Å². The Morgan fingerprint density at radius 1 is 0.579 bits per heavy atom. The largest absolute Gasteiger partial charge is 0.507 e. The minimum Gasteiger partial charge on any atom is -0.507 e.